The molecule has 0 unspecified atom stereocenters. The van der Waals surface area contributed by atoms with Crippen LogP contribution in [0.3, 0.4) is 0 Å². The zero-order valence-corrected chi connectivity index (χ0v) is 22.1. The van der Waals surface area contributed by atoms with Crippen LogP contribution in [0.25, 0.3) is 22.4 Å². The molecule has 4 aromatic rings. The van der Waals surface area contributed by atoms with Gasteiger partial charge in [-0.25, -0.2) is 48.9 Å². The van der Waals surface area contributed by atoms with Gasteiger partial charge in [-0.1, -0.05) is 18.2 Å². The van der Waals surface area contributed by atoms with E-state index in [2.05, 4.69) is 19.7 Å². The predicted molar refractivity (Wildman–Crippen MR) is 137 cm³/mol. The molecule has 1 fully saturated rings. The number of hydrogen-bond acceptors (Lipinski definition) is 9. The number of nitrogens with zero attached hydrogens (tertiary/aromatic N) is 4. The lowest BCUT2D eigenvalue weighted by Crippen LogP contribution is -2.40. The molecule has 5 rings (SSSR count). The smallest absolute Gasteiger partial charge is 0.237 e. The van der Waals surface area contributed by atoms with Gasteiger partial charge in [0, 0.05) is 28.9 Å². The highest BCUT2D eigenvalue weighted by atomic mass is 32.2. The first-order valence-corrected chi connectivity index (χ1v) is 16.1. The number of sulfonamides is 1. The van der Waals surface area contributed by atoms with Gasteiger partial charge in [-0.3, -0.25) is 0 Å². The number of rotatable bonds is 6. The van der Waals surface area contributed by atoms with Crippen molar-refractivity contribution in [1.29, 1.82) is 0 Å². The molecule has 0 bridgehead atoms. The minimum atomic E-state index is -3.96. The first-order chi connectivity index (χ1) is 17.5. The monoisotopic (exact) mass is 561 g/mol. The normalized spacial score (nSPS) is 16.7. The molecule has 37 heavy (non-hydrogen) atoms. The van der Waals surface area contributed by atoms with Crippen LogP contribution in [0, 0.1) is 6.92 Å². The standard InChI is InChI=1S/C23H23N5O6S3/c1-16-13-21-20(7-10-24-23(21)28(16)37(33,34)18-5-3-2-4-6-18)22-25-14-19(15-26-22)36(31,32)27-17-8-11-35(29,30)12-9-17/h2-7,10,13-15,17,27H,8-9,11-12H2,1H3. The molecule has 1 saturated heterocycles. The molecule has 11 nitrogen and oxygen atoms in total. The Morgan fingerprint density at radius 2 is 1.57 bits per heavy atom. The van der Waals surface area contributed by atoms with Crippen molar-refractivity contribution in [1.82, 2.24) is 23.6 Å². The van der Waals surface area contributed by atoms with Gasteiger partial charge in [0.25, 0.3) is 10.0 Å². The minimum absolute atomic E-state index is 0.0628. The fraction of sp³-hybridized carbons (Fsp3) is 0.261. The largest absolute Gasteiger partial charge is 0.269 e. The van der Waals surface area contributed by atoms with Crippen LogP contribution in [0.4, 0.5) is 0 Å². The second-order valence-corrected chi connectivity index (χ2v) is 14.6. The number of aromatic nitrogens is 4. The maximum atomic E-state index is 13.3. The van der Waals surface area contributed by atoms with Gasteiger partial charge in [0.2, 0.25) is 10.0 Å². The molecule has 1 aliphatic heterocycles. The van der Waals surface area contributed by atoms with Gasteiger partial charge in [-0.05, 0) is 44.0 Å². The number of pyridine rings is 1. The summed E-state index contributed by atoms with van der Waals surface area (Å²) >= 11 is 0. The summed E-state index contributed by atoms with van der Waals surface area (Å²) in [5, 5.41) is 0.497. The van der Waals surface area contributed by atoms with Gasteiger partial charge < -0.3 is 0 Å². The van der Waals surface area contributed by atoms with Crippen LogP contribution in [0.5, 0.6) is 0 Å². The second-order valence-electron chi connectivity index (χ2n) is 8.75. The average Bonchev–Trinajstić information content (AvgIpc) is 3.22. The topological polar surface area (TPSA) is 158 Å². The van der Waals surface area contributed by atoms with Crippen molar-refractivity contribution >= 4 is 40.9 Å². The van der Waals surface area contributed by atoms with Crippen molar-refractivity contribution in [3.63, 3.8) is 0 Å². The molecule has 14 heteroatoms. The van der Waals surface area contributed by atoms with E-state index in [9.17, 15) is 25.3 Å². The first-order valence-electron chi connectivity index (χ1n) is 11.3. The number of fused-ring (bicyclic) bond motifs is 1. The summed E-state index contributed by atoms with van der Waals surface area (Å²) in [5.74, 6) is 0.0729. The fourth-order valence-corrected chi connectivity index (χ4v) is 8.49. The summed E-state index contributed by atoms with van der Waals surface area (Å²) in [6, 6.07) is 10.8. The van der Waals surface area contributed by atoms with Crippen LogP contribution in [0.15, 0.2) is 70.8 Å². The Balaban J connectivity index is 1.47. The maximum absolute atomic E-state index is 13.3. The van der Waals surface area contributed by atoms with E-state index in [1.807, 2.05) is 0 Å². The number of hydrogen-bond donors (Lipinski definition) is 1. The number of benzene rings is 1. The van der Waals surface area contributed by atoms with E-state index >= 15 is 0 Å². The zero-order chi connectivity index (χ0) is 26.4. The van der Waals surface area contributed by atoms with E-state index in [1.165, 1.54) is 30.7 Å². The molecule has 3 aromatic heterocycles. The number of nitrogens with one attached hydrogen (secondary N) is 1. The molecule has 0 atom stereocenters. The summed E-state index contributed by atoms with van der Waals surface area (Å²) in [5.41, 5.74) is 1.13. The van der Waals surface area contributed by atoms with Gasteiger partial charge in [0.15, 0.2) is 11.5 Å². The third kappa shape index (κ3) is 4.89. The Bertz CT molecular complexity index is 1790. The van der Waals surface area contributed by atoms with Crippen LogP contribution in [-0.2, 0) is 29.9 Å². The van der Waals surface area contributed by atoms with Crippen LogP contribution in [0.1, 0.15) is 18.5 Å². The molecule has 1 N–H and O–H groups in total. The molecule has 0 radical (unpaired) electrons. The summed E-state index contributed by atoms with van der Waals surface area (Å²) < 4.78 is 79.1. The van der Waals surface area contributed by atoms with Crippen molar-refractivity contribution in [3.8, 4) is 11.4 Å². The molecule has 1 aromatic carbocycles. The molecule has 0 amide bonds. The lowest BCUT2D eigenvalue weighted by atomic mass is 10.1. The molecule has 0 spiro atoms. The van der Waals surface area contributed by atoms with E-state index in [0.717, 1.165) is 3.97 Å². The van der Waals surface area contributed by atoms with E-state index in [0.29, 0.717) is 16.6 Å². The van der Waals surface area contributed by atoms with Gasteiger partial charge in [0.05, 0.1) is 28.8 Å². The maximum Gasteiger partial charge on any atom is 0.269 e. The highest BCUT2D eigenvalue weighted by molar-refractivity contribution is 7.91. The van der Waals surface area contributed by atoms with Gasteiger partial charge >= 0.3 is 0 Å². The lowest BCUT2D eigenvalue weighted by Gasteiger charge is -2.22. The third-order valence-electron chi connectivity index (χ3n) is 6.17. The SMILES string of the molecule is Cc1cc2c(-c3ncc(S(=O)(=O)NC4CCS(=O)(=O)CC4)cn3)ccnc2n1S(=O)(=O)c1ccccc1. The lowest BCUT2D eigenvalue weighted by molar-refractivity contribution is 0.505. The highest BCUT2D eigenvalue weighted by Crippen LogP contribution is 2.30. The minimum Gasteiger partial charge on any atom is -0.237 e. The van der Waals surface area contributed by atoms with Gasteiger partial charge in [-0.15, -0.1) is 0 Å². The number of aryl methyl sites for hydroxylation is 1. The molecule has 0 saturated carbocycles. The van der Waals surface area contributed by atoms with Crippen LogP contribution in [0.2, 0.25) is 0 Å². The van der Waals surface area contributed by atoms with Gasteiger partial charge in [-0.2, -0.15) is 0 Å². The van der Waals surface area contributed by atoms with E-state index in [4.69, 9.17) is 0 Å². The molecule has 4 heterocycles. The Morgan fingerprint density at radius 1 is 0.919 bits per heavy atom. The first kappa shape index (κ1) is 25.4. The third-order valence-corrected chi connectivity index (χ3v) is 11.2. The van der Waals surface area contributed by atoms with E-state index in [-0.39, 0.29) is 45.6 Å². The van der Waals surface area contributed by atoms with Crippen LogP contribution < -0.4 is 4.72 Å². The second kappa shape index (κ2) is 9.28. The Hall–Kier alpha value is -3.20. The number of sulfone groups is 1. The molecular weight excluding hydrogens is 538 g/mol. The van der Waals surface area contributed by atoms with Crippen molar-refractivity contribution in [2.24, 2.45) is 0 Å². The predicted octanol–water partition coefficient (Wildman–Crippen LogP) is 1.89. The van der Waals surface area contributed by atoms with Gasteiger partial charge in [0.1, 0.15) is 14.7 Å². The Labute approximate surface area is 214 Å². The Morgan fingerprint density at radius 3 is 2.22 bits per heavy atom. The molecule has 194 valence electrons. The quantitative estimate of drug-likeness (QED) is 0.371. The molecule has 1 aliphatic rings. The highest BCUT2D eigenvalue weighted by Gasteiger charge is 2.28. The fourth-order valence-electron chi connectivity index (χ4n) is 4.29. The summed E-state index contributed by atoms with van der Waals surface area (Å²) in [6.07, 6.45) is 4.19. The van der Waals surface area contributed by atoms with Crippen molar-refractivity contribution in [2.75, 3.05) is 11.5 Å². The van der Waals surface area contributed by atoms with Crippen LogP contribution >= 0.6 is 0 Å². The van der Waals surface area contributed by atoms with E-state index < -0.39 is 35.9 Å². The molecular formula is C23H23N5O6S3. The summed E-state index contributed by atoms with van der Waals surface area (Å²) in [6.45, 7) is 1.66. The van der Waals surface area contributed by atoms with Crippen LogP contribution in [-0.4, -0.2) is 61.7 Å². The van der Waals surface area contributed by atoms with E-state index in [1.54, 1.807) is 37.3 Å². The zero-order valence-electron chi connectivity index (χ0n) is 19.6. The summed E-state index contributed by atoms with van der Waals surface area (Å²) in [4.78, 5) is 12.7. The van der Waals surface area contributed by atoms with Crippen molar-refractivity contribution < 1.29 is 25.3 Å². The summed E-state index contributed by atoms with van der Waals surface area (Å²) in [7, 11) is -11.0. The Kier molecular flexibility index (Phi) is 6.38. The average molecular weight is 562 g/mol. The van der Waals surface area contributed by atoms with Crippen molar-refractivity contribution in [3.05, 3.63) is 66.7 Å². The molecule has 0 aliphatic carbocycles. The van der Waals surface area contributed by atoms with Crippen molar-refractivity contribution in [2.45, 2.75) is 35.6 Å².